The van der Waals surface area contributed by atoms with Gasteiger partial charge in [-0.1, -0.05) is 6.07 Å². The van der Waals surface area contributed by atoms with Gasteiger partial charge in [0.1, 0.15) is 5.82 Å². The maximum atomic E-state index is 13.2. The van der Waals surface area contributed by atoms with Gasteiger partial charge >= 0.3 is 0 Å². The van der Waals surface area contributed by atoms with Crippen LogP contribution in [0.5, 0.6) is 11.5 Å². The summed E-state index contributed by atoms with van der Waals surface area (Å²) in [5, 5.41) is 5.60. The van der Waals surface area contributed by atoms with E-state index in [9.17, 15) is 9.18 Å². The van der Waals surface area contributed by atoms with Crippen LogP contribution in [-0.4, -0.2) is 30.1 Å². The number of amides is 1. The molecule has 3 aromatic rings. The van der Waals surface area contributed by atoms with Gasteiger partial charge in [0, 0.05) is 29.8 Å². The molecule has 2 N–H and O–H groups in total. The van der Waals surface area contributed by atoms with Crippen molar-refractivity contribution in [3.63, 3.8) is 0 Å². The summed E-state index contributed by atoms with van der Waals surface area (Å²) in [6.07, 6.45) is 2.76. The van der Waals surface area contributed by atoms with E-state index in [1.165, 1.54) is 38.7 Å². The topological polar surface area (TPSA) is 85.4 Å². The average Bonchev–Trinajstić information content (AvgIpc) is 2.68. The number of carbonyl (C=O) groups excluding carboxylic acids is 1. The number of rotatable bonds is 6. The van der Waals surface area contributed by atoms with Crippen molar-refractivity contribution in [2.45, 2.75) is 0 Å². The highest BCUT2D eigenvalue weighted by molar-refractivity contribution is 6.04. The van der Waals surface area contributed by atoms with Gasteiger partial charge in [-0.25, -0.2) is 14.4 Å². The predicted molar refractivity (Wildman–Crippen MR) is 99.2 cm³/mol. The molecule has 0 aliphatic carbocycles. The Bertz CT molecular complexity index is 948. The Labute approximate surface area is 155 Å². The lowest BCUT2D eigenvalue weighted by Gasteiger charge is -2.10. The molecular formula is C19H17FN4O3. The molecule has 0 unspecified atom stereocenters. The number of carbonyl (C=O) groups is 1. The van der Waals surface area contributed by atoms with Gasteiger partial charge in [-0.3, -0.25) is 4.79 Å². The molecule has 0 bridgehead atoms. The molecule has 0 fully saturated rings. The Balaban J connectivity index is 1.68. The van der Waals surface area contributed by atoms with Gasteiger partial charge < -0.3 is 20.1 Å². The Morgan fingerprint density at radius 3 is 2.37 bits per heavy atom. The number of nitrogens with zero attached hydrogens (tertiary/aromatic N) is 2. The predicted octanol–water partition coefficient (Wildman–Crippen LogP) is 3.63. The van der Waals surface area contributed by atoms with Crippen LogP contribution < -0.4 is 20.1 Å². The minimum atomic E-state index is -0.375. The molecule has 8 heteroatoms. The third kappa shape index (κ3) is 4.49. The molecule has 0 aliphatic rings. The highest BCUT2D eigenvalue weighted by Gasteiger charge is 2.10. The SMILES string of the molecule is COc1ccc(NC(=O)c2cnc(Nc3cccc(F)c3)nc2)cc1OC. The first-order valence-electron chi connectivity index (χ1n) is 7.97. The molecule has 0 spiro atoms. The first kappa shape index (κ1) is 18.1. The van der Waals surface area contributed by atoms with Crippen molar-refractivity contribution in [3.8, 4) is 11.5 Å². The summed E-state index contributed by atoms with van der Waals surface area (Å²) < 4.78 is 23.6. The molecule has 0 saturated heterocycles. The van der Waals surface area contributed by atoms with Crippen LogP contribution in [0.25, 0.3) is 0 Å². The Kier molecular flexibility index (Phi) is 5.46. The van der Waals surface area contributed by atoms with Gasteiger partial charge in [-0.2, -0.15) is 0 Å². The minimum Gasteiger partial charge on any atom is -0.493 e. The number of methoxy groups -OCH3 is 2. The molecule has 27 heavy (non-hydrogen) atoms. The van der Waals surface area contributed by atoms with E-state index in [-0.39, 0.29) is 23.2 Å². The summed E-state index contributed by atoms with van der Waals surface area (Å²) in [5.41, 5.74) is 1.33. The molecule has 0 radical (unpaired) electrons. The summed E-state index contributed by atoms with van der Waals surface area (Å²) in [7, 11) is 3.05. The van der Waals surface area contributed by atoms with Crippen LogP contribution in [0.1, 0.15) is 10.4 Å². The molecular weight excluding hydrogens is 351 g/mol. The first-order chi connectivity index (χ1) is 13.1. The fourth-order valence-electron chi connectivity index (χ4n) is 2.32. The largest absolute Gasteiger partial charge is 0.493 e. The summed E-state index contributed by atoms with van der Waals surface area (Å²) in [4.78, 5) is 20.5. The maximum Gasteiger partial charge on any atom is 0.258 e. The van der Waals surface area contributed by atoms with E-state index >= 15 is 0 Å². The molecule has 1 amide bonds. The van der Waals surface area contributed by atoms with E-state index in [2.05, 4.69) is 20.6 Å². The molecule has 138 valence electrons. The van der Waals surface area contributed by atoms with Crippen LogP contribution >= 0.6 is 0 Å². The van der Waals surface area contributed by atoms with E-state index < -0.39 is 0 Å². The number of anilines is 3. The Morgan fingerprint density at radius 2 is 1.70 bits per heavy atom. The second-order valence-corrected chi connectivity index (χ2v) is 5.45. The van der Waals surface area contributed by atoms with Crippen molar-refractivity contribution in [3.05, 3.63) is 66.2 Å². The molecule has 0 atom stereocenters. The van der Waals surface area contributed by atoms with Crippen molar-refractivity contribution >= 4 is 23.2 Å². The van der Waals surface area contributed by atoms with Crippen LogP contribution in [0.4, 0.5) is 21.7 Å². The number of ether oxygens (including phenoxy) is 2. The number of benzene rings is 2. The quantitative estimate of drug-likeness (QED) is 0.691. The lowest BCUT2D eigenvalue weighted by Crippen LogP contribution is -2.13. The number of aromatic nitrogens is 2. The van der Waals surface area contributed by atoms with Gasteiger partial charge in [0.2, 0.25) is 5.95 Å². The molecule has 1 heterocycles. The standard InChI is InChI=1S/C19H17FN4O3/c1-26-16-7-6-15(9-17(16)27-2)23-18(25)12-10-21-19(22-11-12)24-14-5-3-4-13(20)8-14/h3-11H,1-2H3,(H,23,25)(H,21,22,24). The highest BCUT2D eigenvalue weighted by atomic mass is 19.1. The van der Waals surface area contributed by atoms with Crippen LogP contribution in [0, 0.1) is 5.82 Å². The zero-order chi connectivity index (χ0) is 19.2. The fourth-order valence-corrected chi connectivity index (χ4v) is 2.32. The molecule has 7 nitrogen and oxygen atoms in total. The summed E-state index contributed by atoms with van der Waals surface area (Å²) in [6, 6.07) is 11.0. The van der Waals surface area contributed by atoms with E-state index in [1.54, 1.807) is 30.3 Å². The normalized spacial score (nSPS) is 10.2. The molecule has 1 aromatic heterocycles. The number of halogens is 1. The van der Waals surface area contributed by atoms with Gasteiger partial charge in [0.05, 0.1) is 19.8 Å². The average molecular weight is 368 g/mol. The second kappa shape index (κ2) is 8.13. The molecule has 2 aromatic carbocycles. The van der Waals surface area contributed by atoms with E-state index in [0.29, 0.717) is 22.9 Å². The lowest BCUT2D eigenvalue weighted by atomic mass is 10.2. The summed E-state index contributed by atoms with van der Waals surface area (Å²) in [5.74, 6) is 0.571. The van der Waals surface area contributed by atoms with Crippen LogP contribution in [0.2, 0.25) is 0 Å². The Hall–Kier alpha value is -3.68. The van der Waals surface area contributed by atoms with Gasteiger partial charge in [0.15, 0.2) is 11.5 Å². The maximum absolute atomic E-state index is 13.2. The third-order valence-electron chi connectivity index (χ3n) is 3.64. The third-order valence-corrected chi connectivity index (χ3v) is 3.64. The van der Waals surface area contributed by atoms with E-state index in [4.69, 9.17) is 9.47 Å². The zero-order valence-electron chi connectivity index (χ0n) is 14.7. The van der Waals surface area contributed by atoms with Crippen molar-refractivity contribution in [1.29, 1.82) is 0 Å². The smallest absolute Gasteiger partial charge is 0.258 e. The summed E-state index contributed by atoms with van der Waals surface area (Å²) >= 11 is 0. The molecule has 3 rings (SSSR count). The highest BCUT2D eigenvalue weighted by Crippen LogP contribution is 2.29. The van der Waals surface area contributed by atoms with Crippen molar-refractivity contribution in [2.24, 2.45) is 0 Å². The zero-order valence-corrected chi connectivity index (χ0v) is 14.7. The van der Waals surface area contributed by atoms with E-state index in [0.717, 1.165) is 0 Å². The minimum absolute atomic E-state index is 0.253. The van der Waals surface area contributed by atoms with Gasteiger partial charge in [-0.15, -0.1) is 0 Å². The number of hydrogen-bond donors (Lipinski definition) is 2. The lowest BCUT2D eigenvalue weighted by molar-refractivity contribution is 0.102. The fraction of sp³-hybridized carbons (Fsp3) is 0.105. The monoisotopic (exact) mass is 368 g/mol. The van der Waals surface area contributed by atoms with E-state index in [1.807, 2.05) is 0 Å². The van der Waals surface area contributed by atoms with Crippen molar-refractivity contribution in [2.75, 3.05) is 24.9 Å². The van der Waals surface area contributed by atoms with Crippen LogP contribution in [0.15, 0.2) is 54.9 Å². The molecule has 0 aliphatic heterocycles. The number of nitrogens with one attached hydrogen (secondary N) is 2. The second-order valence-electron chi connectivity index (χ2n) is 5.45. The van der Waals surface area contributed by atoms with Gasteiger partial charge in [0.25, 0.3) is 5.91 Å². The van der Waals surface area contributed by atoms with Crippen LogP contribution in [-0.2, 0) is 0 Å². The van der Waals surface area contributed by atoms with Gasteiger partial charge in [-0.05, 0) is 30.3 Å². The first-order valence-corrected chi connectivity index (χ1v) is 7.97. The number of hydrogen-bond acceptors (Lipinski definition) is 6. The molecule has 0 saturated carbocycles. The summed E-state index contributed by atoms with van der Waals surface area (Å²) in [6.45, 7) is 0. The van der Waals surface area contributed by atoms with Crippen molar-refractivity contribution in [1.82, 2.24) is 9.97 Å². The Morgan fingerprint density at radius 1 is 0.963 bits per heavy atom. The van der Waals surface area contributed by atoms with Crippen LogP contribution in [0.3, 0.4) is 0 Å². The van der Waals surface area contributed by atoms with Crippen molar-refractivity contribution < 1.29 is 18.7 Å².